The summed E-state index contributed by atoms with van der Waals surface area (Å²) in [5.74, 6) is 0.942. The Balaban J connectivity index is 1.81. The second kappa shape index (κ2) is 5.54. The Morgan fingerprint density at radius 1 is 1.14 bits per heavy atom. The van der Waals surface area contributed by atoms with Gasteiger partial charge in [0.05, 0.1) is 11.4 Å². The summed E-state index contributed by atoms with van der Waals surface area (Å²) in [4.78, 5) is 1.32. The van der Waals surface area contributed by atoms with Gasteiger partial charge in [-0.25, -0.2) is 0 Å². The number of fused-ring (bicyclic) bond motifs is 1. The molecule has 0 spiro atoms. The number of nitrogens with zero attached hydrogens (tertiary/aromatic N) is 1. The van der Waals surface area contributed by atoms with Crippen molar-refractivity contribution in [3.8, 4) is 0 Å². The normalized spacial score (nSPS) is 15.8. The van der Waals surface area contributed by atoms with E-state index in [1.165, 1.54) is 5.56 Å². The Labute approximate surface area is 128 Å². The maximum absolute atomic E-state index is 12.1. The van der Waals surface area contributed by atoms with Crippen LogP contribution in [0.1, 0.15) is 5.56 Å². The zero-order chi connectivity index (χ0) is 14.9. The number of benzene rings is 2. The first kappa shape index (κ1) is 14.2. The standard InChI is InChI=1S/C15H14N2O2S2/c1-11-5-4-6-12(9-11)20-10-15-16-13-7-2-3-8-14(13)21(18,19)17-15/h2-9H,10H2,1H3,(H,16,17). The second-order valence-corrected chi connectivity index (χ2v) is 7.36. The molecule has 0 saturated carbocycles. The molecular formula is C15H14N2O2S2. The summed E-state index contributed by atoms with van der Waals surface area (Å²) >= 11 is 1.56. The highest BCUT2D eigenvalue weighted by molar-refractivity contribution is 8.00. The van der Waals surface area contributed by atoms with Gasteiger partial charge in [0.15, 0.2) is 0 Å². The van der Waals surface area contributed by atoms with Gasteiger partial charge in [0.1, 0.15) is 10.7 Å². The summed E-state index contributed by atoms with van der Waals surface area (Å²) in [5.41, 5.74) is 1.77. The molecule has 1 aliphatic heterocycles. The van der Waals surface area contributed by atoms with E-state index >= 15 is 0 Å². The molecule has 0 aromatic heterocycles. The molecule has 0 fully saturated rings. The summed E-state index contributed by atoms with van der Waals surface area (Å²) in [7, 11) is -3.59. The van der Waals surface area contributed by atoms with Crippen LogP contribution in [0.15, 0.2) is 62.7 Å². The Hall–Kier alpha value is -1.79. The molecule has 4 nitrogen and oxygen atoms in total. The fourth-order valence-electron chi connectivity index (χ4n) is 2.09. The summed E-state index contributed by atoms with van der Waals surface area (Å²) in [5, 5.41) is 3.09. The fraction of sp³-hybridized carbons (Fsp3) is 0.133. The van der Waals surface area contributed by atoms with E-state index in [2.05, 4.69) is 15.8 Å². The first-order chi connectivity index (χ1) is 10.0. The first-order valence-corrected chi connectivity index (χ1v) is 8.86. The number of rotatable bonds is 3. The molecule has 6 heteroatoms. The summed E-state index contributed by atoms with van der Waals surface area (Å²) in [6.45, 7) is 2.03. The molecule has 0 bridgehead atoms. The lowest BCUT2D eigenvalue weighted by Crippen LogP contribution is -2.23. The van der Waals surface area contributed by atoms with E-state index in [1.54, 1.807) is 36.0 Å². The molecule has 1 N–H and O–H groups in total. The van der Waals surface area contributed by atoms with Crippen molar-refractivity contribution in [2.24, 2.45) is 4.40 Å². The molecule has 0 atom stereocenters. The highest BCUT2D eigenvalue weighted by Crippen LogP contribution is 2.28. The molecule has 3 rings (SSSR count). The Bertz CT molecular complexity index is 814. The van der Waals surface area contributed by atoms with Gasteiger partial charge in [0, 0.05) is 4.90 Å². The third kappa shape index (κ3) is 3.11. The van der Waals surface area contributed by atoms with Crippen LogP contribution < -0.4 is 5.32 Å². The van der Waals surface area contributed by atoms with Crippen molar-refractivity contribution in [2.75, 3.05) is 11.1 Å². The second-order valence-electron chi connectivity index (χ2n) is 4.74. The third-order valence-electron chi connectivity index (χ3n) is 3.04. The van der Waals surface area contributed by atoms with E-state index in [9.17, 15) is 8.42 Å². The predicted octanol–water partition coefficient (Wildman–Crippen LogP) is 3.30. The van der Waals surface area contributed by atoms with Gasteiger partial charge in [-0.1, -0.05) is 29.8 Å². The average molecular weight is 318 g/mol. The number of thioether (sulfide) groups is 1. The molecule has 0 saturated heterocycles. The van der Waals surface area contributed by atoms with Crippen LogP contribution in [0.5, 0.6) is 0 Å². The number of anilines is 1. The number of hydrogen-bond acceptors (Lipinski definition) is 4. The van der Waals surface area contributed by atoms with Crippen LogP contribution in [0.25, 0.3) is 0 Å². The van der Waals surface area contributed by atoms with Crippen molar-refractivity contribution >= 4 is 33.3 Å². The van der Waals surface area contributed by atoms with Crippen molar-refractivity contribution in [1.82, 2.24) is 0 Å². The monoisotopic (exact) mass is 318 g/mol. The molecule has 0 amide bonds. The van der Waals surface area contributed by atoms with Gasteiger partial charge in [-0.3, -0.25) is 0 Å². The number of amidine groups is 1. The Morgan fingerprint density at radius 3 is 2.76 bits per heavy atom. The van der Waals surface area contributed by atoms with Crippen molar-refractivity contribution < 1.29 is 8.42 Å². The molecule has 2 aromatic carbocycles. The van der Waals surface area contributed by atoms with E-state index in [0.29, 0.717) is 17.3 Å². The predicted molar refractivity (Wildman–Crippen MR) is 86.6 cm³/mol. The molecule has 0 radical (unpaired) electrons. The molecule has 21 heavy (non-hydrogen) atoms. The van der Waals surface area contributed by atoms with E-state index in [-0.39, 0.29) is 4.90 Å². The van der Waals surface area contributed by atoms with Crippen LogP contribution in [-0.4, -0.2) is 20.0 Å². The quantitative estimate of drug-likeness (QED) is 0.882. The Morgan fingerprint density at radius 2 is 1.95 bits per heavy atom. The lowest BCUT2D eigenvalue weighted by molar-refractivity contribution is 0.598. The fourth-order valence-corrected chi connectivity index (χ4v) is 4.20. The van der Waals surface area contributed by atoms with Gasteiger partial charge in [0.2, 0.25) is 0 Å². The number of hydrogen-bond donors (Lipinski definition) is 1. The maximum Gasteiger partial charge on any atom is 0.286 e. The summed E-state index contributed by atoms with van der Waals surface area (Å²) in [6.07, 6.45) is 0. The maximum atomic E-state index is 12.1. The van der Waals surface area contributed by atoms with Crippen molar-refractivity contribution in [2.45, 2.75) is 16.7 Å². The highest BCUT2D eigenvalue weighted by Gasteiger charge is 2.23. The van der Waals surface area contributed by atoms with Crippen LogP contribution >= 0.6 is 11.8 Å². The van der Waals surface area contributed by atoms with Gasteiger partial charge in [-0.15, -0.1) is 16.2 Å². The van der Waals surface area contributed by atoms with Crippen LogP contribution in [0.3, 0.4) is 0 Å². The van der Waals surface area contributed by atoms with Crippen molar-refractivity contribution in [3.05, 3.63) is 54.1 Å². The first-order valence-electron chi connectivity index (χ1n) is 6.44. The third-order valence-corrected chi connectivity index (χ3v) is 5.42. The lowest BCUT2D eigenvalue weighted by atomic mass is 10.2. The van der Waals surface area contributed by atoms with Gasteiger partial charge in [-0.05, 0) is 31.2 Å². The number of para-hydroxylation sites is 1. The summed E-state index contributed by atoms with van der Waals surface area (Å²) < 4.78 is 28.1. The molecule has 1 aliphatic rings. The molecule has 108 valence electrons. The van der Waals surface area contributed by atoms with Gasteiger partial charge in [0.25, 0.3) is 10.0 Å². The molecule has 2 aromatic rings. The molecular weight excluding hydrogens is 304 g/mol. The number of nitrogens with one attached hydrogen (secondary N) is 1. The topological polar surface area (TPSA) is 58.5 Å². The zero-order valence-corrected chi connectivity index (χ0v) is 13.0. The van der Waals surface area contributed by atoms with Crippen molar-refractivity contribution in [3.63, 3.8) is 0 Å². The van der Waals surface area contributed by atoms with Crippen molar-refractivity contribution in [1.29, 1.82) is 0 Å². The van der Waals surface area contributed by atoms with E-state index in [4.69, 9.17) is 0 Å². The van der Waals surface area contributed by atoms with E-state index in [0.717, 1.165) is 4.90 Å². The van der Waals surface area contributed by atoms with E-state index in [1.807, 2.05) is 25.1 Å². The largest absolute Gasteiger partial charge is 0.341 e. The molecule has 0 unspecified atom stereocenters. The highest BCUT2D eigenvalue weighted by atomic mass is 32.2. The minimum atomic E-state index is -3.59. The Kier molecular flexibility index (Phi) is 3.73. The van der Waals surface area contributed by atoms with Gasteiger partial charge >= 0.3 is 0 Å². The summed E-state index contributed by atoms with van der Waals surface area (Å²) in [6, 6.07) is 14.9. The zero-order valence-electron chi connectivity index (χ0n) is 11.4. The van der Waals surface area contributed by atoms with E-state index < -0.39 is 10.0 Å². The minimum absolute atomic E-state index is 0.231. The lowest BCUT2D eigenvalue weighted by Gasteiger charge is -2.17. The van der Waals surface area contributed by atoms with Gasteiger partial charge < -0.3 is 5.32 Å². The average Bonchev–Trinajstić information content (AvgIpc) is 2.45. The SMILES string of the molecule is Cc1cccc(SCC2=NS(=O)(=O)c3ccccc3N2)c1. The number of aryl methyl sites for hydroxylation is 1. The smallest absolute Gasteiger partial charge is 0.286 e. The van der Waals surface area contributed by atoms with Gasteiger partial charge in [-0.2, -0.15) is 8.42 Å². The number of sulfonamides is 1. The minimum Gasteiger partial charge on any atom is -0.341 e. The van der Waals surface area contributed by atoms with Crippen LogP contribution in [0.4, 0.5) is 5.69 Å². The van der Waals surface area contributed by atoms with Crippen LogP contribution in [0.2, 0.25) is 0 Å². The molecule has 1 heterocycles. The molecule has 0 aliphatic carbocycles. The van der Waals surface area contributed by atoms with Crippen LogP contribution in [-0.2, 0) is 10.0 Å². The van der Waals surface area contributed by atoms with Crippen LogP contribution in [0, 0.1) is 6.92 Å².